The summed E-state index contributed by atoms with van der Waals surface area (Å²) in [5, 5.41) is 5.07. The van der Waals surface area contributed by atoms with Gasteiger partial charge in [-0.25, -0.2) is 9.78 Å². The first kappa shape index (κ1) is 19.8. The lowest BCUT2D eigenvalue weighted by atomic mass is 10.2. The Kier molecular flexibility index (Phi) is 6.20. The minimum Gasteiger partial charge on any atom is -0.497 e. The molecule has 1 aromatic heterocycles. The maximum absolute atomic E-state index is 12.3. The third-order valence-corrected chi connectivity index (χ3v) is 5.14. The van der Waals surface area contributed by atoms with E-state index < -0.39 is 11.3 Å². The quantitative estimate of drug-likeness (QED) is 0.622. The van der Waals surface area contributed by atoms with Gasteiger partial charge < -0.3 is 10.1 Å². The number of benzene rings is 2. The third kappa shape index (κ3) is 4.28. The number of rotatable bonds is 6. The van der Waals surface area contributed by atoms with Gasteiger partial charge in [0.25, 0.3) is 0 Å². The molecule has 1 heterocycles. The van der Waals surface area contributed by atoms with Crippen molar-refractivity contribution in [2.45, 2.75) is 24.3 Å². The van der Waals surface area contributed by atoms with Crippen LogP contribution < -0.4 is 15.4 Å². The van der Waals surface area contributed by atoms with Crippen molar-refractivity contribution in [2.75, 3.05) is 13.7 Å². The van der Waals surface area contributed by atoms with Gasteiger partial charge in [0.05, 0.1) is 23.4 Å². The van der Waals surface area contributed by atoms with Crippen molar-refractivity contribution in [1.29, 1.82) is 0 Å². The molecule has 0 spiro atoms. The van der Waals surface area contributed by atoms with Crippen LogP contribution in [-0.2, 0) is 4.79 Å². The summed E-state index contributed by atoms with van der Waals surface area (Å²) in [4.78, 5) is 28.6. The summed E-state index contributed by atoms with van der Waals surface area (Å²) >= 11 is 1.30. The molecule has 0 aliphatic rings. The molecule has 0 aliphatic heterocycles. The lowest BCUT2D eigenvalue weighted by Gasteiger charge is -2.13. The monoisotopic (exact) mass is 398 g/mol. The molecule has 3 aromatic rings. The second kappa shape index (κ2) is 8.79. The second-order valence-electron chi connectivity index (χ2n) is 6.03. The predicted molar refractivity (Wildman–Crippen MR) is 110 cm³/mol. The number of ether oxygens (including phenoxy) is 1. The van der Waals surface area contributed by atoms with Gasteiger partial charge in [0.2, 0.25) is 5.91 Å². The molecule has 3 rings (SSSR count). The lowest BCUT2D eigenvalue weighted by molar-refractivity contribution is -0.119. The predicted octanol–water partition coefficient (Wildman–Crippen LogP) is 3.36. The first-order chi connectivity index (χ1) is 13.5. The molecule has 0 radical (unpaired) electrons. The Morgan fingerprint density at radius 1 is 1.18 bits per heavy atom. The van der Waals surface area contributed by atoms with E-state index in [0.29, 0.717) is 11.7 Å². The molecular formula is C20H22N4O3S. The number of nitrogens with one attached hydrogen (secondary N) is 2. The average Bonchev–Trinajstić information content (AvgIpc) is 3.05. The van der Waals surface area contributed by atoms with Crippen molar-refractivity contribution in [3.05, 3.63) is 48.5 Å². The van der Waals surface area contributed by atoms with Crippen molar-refractivity contribution >= 4 is 34.7 Å². The van der Waals surface area contributed by atoms with Gasteiger partial charge in [-0.05, 0) is 50.2 Å². The smallest absolute Gasteiger partial charge is 0.321 e. The van der Waals surface area contributed by atoms with E-state index in [1.165, 1.54) is 11.8 Å². The third-order valence-electron chi connectivity index (χ3n) is 4.09. The number of carbonyl (C=O) groups is 2. The Labute approximate surface area is 167 Å². The number of thioether (sulfide) groups is 1. The van der Waals surface area contributed by atoms with Gasteiger partial charge in [0.1, 0.15) is 5.75 Å². The molecule has 0 unspecified atom stereocenters. The van der Waals surface area contributed by atoms with Crippen LogP contribution in [0.1, 0.15) is 13.8 Å². The molecule has 3 amide bonds. The van der Waals surface area contributed by atoms with Gasteiger partial charge >= 0.3 is 6.03 Å². The summed E-state index contributed by atoms with van der Waals surface area (Å²) in [6.45, 7) is 3.99. The number of hydrogen-bond acceptors (Lipinski definition) is 5. The molecular weight excluding hydrogens is 376 g/mol. The van der Waals surface area contributed by atoms with E-state index in [1.54, 1.807) is 21.0 Å². The average molecular weight is 398 g/mol. The van der Waals surface area contributed by atoms with Crippen LogP contribution in [0.5, 0.6) is 5.75 Å². The molecule has 0 bridgehead atoms. The minimum absolute atomic E-state index is 0.371. The number of amides is 3. The maximum Gasteiger partial charge on any atom is 0.321 e. The Bertz CT molecular complexity index is 985. The number of nitrogens with zero attached hydrogens (tertiary/aromatic N) is 2. The van der Waals surface area contributed by atoms with E-state index in [1.807, 2.05) is 53.1 Å². The number of imidazole rings is 1. The fourth-order valence-electron chi connectivity index (χ4n) is 2.69. The Morgan fingerprint density at radius 2 is 1.89 bits per heavy atom. The van der Waals surface area contributed by atoms with E-state index in [0.717, 1.165) is 22.5 Å². The van der Waals surface area contributed by atoms with Crippen LogP contribution >= 0.6 is 11.8 Å². The van der Waals surface area contributed by atoms with Gasteiger partial charge in [-0.2, -0.15) is 0 Å². The molecule has 2 aromatic carbocycles. The van der Waals surface area contributed by atoms with Crippen LogP contribution in [0.4, 0.5) is 4.79 Å². The summed E-state index contributed by atoms with van der Waals surface area (Å²) in [5.74, 6) is 0.390. The zero-order valence-corrected chi connectivity index (χ0v) is 16.7. The summed E-state index contributed by atoms with van der Waals surface area (Å²) < 4.78 is 7.23. The molecule has 1 atom stereocenters. The van der Waals surface area contributed by atoms with Crippen LogP contribution in [0.25, 0.3) is 16.7 Å². The molecule has 146 valence electrons. The van der Waals surface area contributed by atoms with E-state index in [-0.39, 0.29) is 5.91 Å². The number of carbonyl (C=O) groups excluding carboxylic acids is 2. The standard InChI is InChI=1S/C20H22N4O3S/c1-4-21-19(26)23-18(25)13(2)28-20-22-16-7-5-6-8-17(16)24(20)14-9-11-15(27-3)12-10-14/h5-13H,4H2,1-3H3,(H2,21,23,25,26)/t13-/m0/s1. The zero-order valence-electron chi connectivity index (χ0n) is 15.9. The van der Waals surface area contributed by atoms with Crippen LogP contribution in [0.15, 0.2) is 53.7 Å². The highest BCUT2D eigenvalue weighted by atomic mass is 32.2. The normalized spacial score (nSPS) is 11.8. The molecule has 0 saturated heterocycles. The largest absolute Gasteiger partial charge is 0.497 e. The lowest BCUT2D eigenvalue weighted by Crippen LogP contribution is -2.42. The number of para-hydroxylation sites is 2. The van der Waals surface area contributed by atoms with E-state index in [2.05, 4.69) is 15.6 Å². The number of fused-ring (bicyclic) bond motifs is 1. The van der Waals surface area contributed by atoms with Gasteiger partial charge in [0, 0.05) is 12.2 Å². The van der Waals surface area contributed by atoms with Crippen LogP contribution in [0.3, 0.4) is 0 Å². The van der Waals surface area contributed by atoms with E-state index >= 15 is 0 Å². The van der Waals surface area contributed by atoms with Crippen molar-refractivity contribution < 1.29 is 14.3 Å². The van der Waals surface area contributed by atoms with E-state index in [4.69, 9.17) is 4.74 Å². The maximum atomic E-state index is 12.3. The number of imide groups is 1. The fourth-order valence-corrected chi connectivity index (χ4v) is 3.64. The highest BCUT2D eigenvalue weighted by Gasteiger charge is 2.21. The topological polar surface area (TPSA) is 85.3 Å². The Balaban J connectivity index is 1.92. The molecule has 0 aliphatic carbocycles. The van der Waals surface area contributed by atoms with Crippen LogP contribution in [0.2, 0.25) is 0 Å². The van der Waals surface area contributed by atoms with Crippen LogP contribution in [0, 0.1) is 0 Å². The molecule has 2 N–H and O–H groups in total. The van der Waals surface area contributed by atoms with Crippen molar-refractivity contribution in [3.63, 3.8) is 0 Å². The number of urea groups is 1. The molecule has 0 fully saturated rings. The van der Waals surface area contributed by atoms with Gasteiger partial charge in [-0.15, -0.1) is 0 Å². The number of methoxy groups -OCH3 is 1. The van der Waals surface area contributed by atoms with E-state index in [9.17, 15) is 9.59 Å². The molecule has 28 heavy (non-hydrogen) atoms. The van der Waals surface area contributed by atoms with Crippen molar-refractivity contribution in [1.82, 2.24) is 20.2 Å². The number of hydrogen-bond donors (Lipinski definition) is 2. The number of aromatic nitrogens is 2. The Hall–Kier alpha value is -3.00. The van der Waals surface area contributed by atoms with Gasteiger partial charge in [-0.3, -0.25) is 14.7 Å². The zero-order chi connectivity index (χ0) is 20.1. The summed E-state index contributed by atoms with van der Waals surface area (Å²) in [6.07, 6.45) is 0. The van der Waals surface area contributed by atoms with Gasteiger partial charge in [0.15, 0.2) is 5.16 Å². The van der Waals surface area contributed by atoms with Gasteiger partial charge in [-0.1, -0.05) is 23.9 Å². The first-order valence-electron chi connectivity index (χ1n) is 8.90. The SMILES string of the molecule is CCNC(=O)NC(=O)[C@H](C)Sc1nc2ccccc2n1-c1ccc(OC)cc1. The van der Waals surface area contributed by atoms with Crippen LogP contribution in [-0.4, -0.2) is 40.4 Å². The van der Waals surface area contributed by atoms with Crippen molar-refractivity contribution in [2.24, 2.45) is 0 Å². The fraction of sp³-hybridized carbons (Fsp3) is 0.250. The summed E-state index contributed by atoms with van der Waals surface area (Å²) in [6, 6.07) is 14.9. The highest BCUT2D eigenvalue weighted by Crippen LogP contribution is 2.31. The minimum atomic E-state index is -0.503. The molecule has 8 heteroatoms. The Morgan fingerprint density at radius 3 is 2.57 bits per heavy atom. The second-order valence-corrected chi connectivity index (χ2v) is 7.33. The first-order valence-corrected chi connectivity index (χ1v) is 9.78. The molecule has 7 nitrogen and oxygen atoms in total. The van der Waals surface area contributed by atoms with Crippen molar-refractivity contribution in [3.8, 4) is 11.4 Å². The highest BCUT2D eigenvalue weighted by molar-refractivity contribution is 8.00. The summed E-state index contributed by atoms with van der Waals surface area (Å²) in [5.41, 5.74) is 2.68. The molecule has 0 saturated carbocycles. The summed E-state index contributed by atoms with van der Waals surface area (Å²) in [7, 11) is 1.62.